The van der Waals surface area contributed by atoms with Crippen LogP contribution in [0.5, 0.6) is 0 Å². The maximum Gasteiger partial charge on any atom is 0.0552 e. The third kappa shape index (κ3) is 2.76. The first-order chi connectivity index (χ1) is 5.59. The molecule has 1 saturated heterocycles. The lowest BCUT2D eigenvalue weighted by Gasteiger charge is -2.18. The highest BCUT2D eigenvalue weighted by Gasteiger charge is 2.25. The molecule has 1 heterocycles. The molecule has 0 aromatic carbocycles. The number of hydrogen-bond acceptors (Lipinski definition) is 2. The summed E-state index contributed by atoms with van der Waals surface area (Å²) >= 11 is 0. The van der Waals surface area contributed by atoms with Crippen molar-refractivity contribution >= 4 is 0 Å². The molecule has 0 radical (unpaired) electrons. The van der Waals surface area contributed by atoms with Crippen molar-refractivity contribution in [2.75, 3.05) is 19.6 Å². The van der Waals surface area contributed by atoms with E-state index in [1.807, 2.05) is 6.92 Å². The standard InChI is InChI=1S/C10H21NO/c1-8(2)6-11-5-4-10(7-11)9(3)12/h8-10,12H,4-7H2,1-3H3. The van der Waals surface area contributed by atoms with Crippen LogP contribution in [-0.2, 0) is 0 Å². The van der Waals surface area contributed by atoms with Crippen molar-refractivity contribution in [3.05, 3.63) is 0 Å². The van der Waals surface area contributed by atoms with E-state index < -0.39 is 0 Å². The molecular formula is C10H21NO. The van der Waals surface area contributed by atoms with Gasteiger partial charge in [0.2, 0.25) is 0 Å². The molecule has 72 valence electrons. The topological polar surface area (TPSA) is 23.5 Å². The molecular weight excluding hydrogens is 150 g/mol. The van der Waals surface area contributed by atoms with Crippen LogP contribution in [0.25, 0.3) is 0 Å². The number of aliphatic hydroxyl groups excluding tert-OH is 1. The molecule has 0 amide bonds. The first-order valence-corrected chi connectivity index (χ1v) is 5.00. The molecule has 1 aliphatic rings. The zero-order chi connectivity index (χ0) is 9.14. The van der Waals surface area contributed by atoms with Crippen LogP contribution in [0.15, 0.2) is 0 Å². The SMILES string of the molecule is CC(C)CN1CCC(C(C)O)C1. The van der Waals surface area contributed by atoms with Crippen molar-refractivity contribution in [3.63, 3.8) is 0 Å². The van der Waals surface area contributed by atoms with Gasteiger partial charge >= 0.3 is 0 Å². The van der Waals surface area contributed by atoms with Crippen LogP contribution in [0, 0.1) is 11.8 Å². The summed E-state index contributed by atoms with van der Waals surface area (Å²) in [5, 5.41) is 9.38. The Morgan fingerprint density at radius 2 is 2.08 bits per heavy atom. The average Bonchev–Trinajstić information content (AvgIpc) is 2.34. The molecule has 1 aliphatic heterocycles. The van der Waals surface area contributed by atoms with Gasteiger partial charge in [0.05, 0.1) is 6.10 Å². The quantitative estimate of drug-likeness (QED) is 0.693. The van der Waals surface area contributed by atoms with Gasteiger partial charge in [0.15, 0.2) is 0 Å². The molecule has 2 heteroatoms. The average molecular weight is 171 g/mol. The normalized spacial score (nSPS) is 28.2. The van der Waals surface area contributed by atoms with Gasteiger partial charge in [-0.15, -0.1) is 0 Å². The molecule has 1 fully saturated rings. The Hall–Kier alpha value is -0.0800. The summed E-state index contributed by atoms with van der Waals surface area (Å²) in [6, 6.07) is 0. The minimum absolute atomic E-state index is 0.123. The first-order valence-electron chi connectivity index (χ1n) is 5.00. The van der Waals surface area contributed by atoms with Gasteiger partial charge in [-0.2, -0.15) is 0 Å². The summed E-state index contributed by atoms with van der Waals surface area (Å²) in [4.78, 5) is 2.46. The monoisotopic (exact) mass is 171 g/mol. The van der Waals surface area contributed by atoms with Gasteiger partial charge < -0.3 is 10.0 Å². The molecule has 1 rings (SSSR count). The van der Waals surface area contributed by atoms with Gasteiger partial charge in [-0.25, -0.2) is 0 Å². The first kappa shape index (κ1) is 10.0. The Balaban J connectivity index is 2.26. The smallest absolute Gasteiger partial charge is 0.0552 e. The van der Waals surface area contributed by atoms with Gasteiger partial charge in [-0.3, -0.25) is 0 Å². The molecule has 0 bridgehead atoms. The van der Waals surface area contributed by atoms with E-state index in [4.69, 9.17) is 0 Å². The fourth-order valence-electron chi connectivity index (χ4n) is 1.94. The third-order valence-corrected chi connectivity index (χ3v) is 2.61. The van der Waals surface area contributed by atoms with Crippen LogP contribution >= 0.6 is 0 Å². The van der Waals surface area contributed by atoms with Crippen molar-refractivity contribution in [1.29, 1.82) is 0 Å². The van der Waals surface area contributed by atoms with E-state index in [2.05, 4.69) is 18.7 Å². The lowest BCUT2D eigenvalue weighted by atomic mass is 10.0. The molecule has 0 aliphatic carbocycles. The summed E-state index contributed by atoms with van der Waals surface area (Å²) in [5.74, 6) is 1.27. The van der Waals surface area contributed by atoms with Crippen molar-refractivity contribution in [3.8, 4) is 0 Å². The van der Waals surface area contributed by atoms with Crippen LogP contribution in [0.3, 0.4) is 0 Å². The zero-order valence-corrected chi connectivity index (χ0v) is 8.45. The maximum absolute atomic E-state index is 9.38. The molecule has 1 N–H and O–H groups in total. The highest BCUT2D eigenvalue weighted by Crippen LogP contribution is 2.20. The Kier molecular flexibility index (Phi) is 3.53. The zero-order valence-electron chi connectivity index (χ0n) is 8.45. The summed E-state index contributed by atoms with van der Waals surface area (Å²) in [7, 11) is 0. The second kappa shape index (κ2) is 4.24. The Bertz CT molecular complexity index is 134. The van der Waals surface area contributed by atoms with Gasteiger partial charge in [0, 0.05) is 13.1 Å². The molecule has 2 unspecified atom stereocenters. The van der Waals surface area contributed by atoms with Crippen molar-refractivity contribution in [2.45, 2.75) is 33.3 Å². The summed E-state index contributed by atoms with van der Waals surface area (Å²) in [6.07, 6.45) is 1.05. The number of aliphatic hydroxyl groups is 1. The molecule has 0 spiro atoms. The highest BCUT2D eigenvalue weighted by atomic mass is 16.3. The Morgan fingerprint density at radius 1 is 1.42 bits per heavy atom. The van der Waals surface area contributed by atoms with Crippen LogP contribution in [0.4, 0.5) is 0 Å². The molecule has 0 aromatic heterocycles. The minimum atomic E-state index is -0.123. The van der Waals surface area contributed by atoms with Gasteiger partial charge in [0.25, 0.3) is 0 Å². The summed E-state index contributed by atoms with van der Waals surface area (Å²) < 4.78 is 0. The largest absolute Gasteiger partial charge is 0.393 e. The number of rotatable bonds is 3. The number of nitrogens with zero attached hydrogens (tertiary/aromatic N) is 1. The minimum Gasteiger partial charge on any atom is -0.393 e. The molecule has 2 atom stereocenters. The van der Waals surface area contributed by atoms with E-state index in [9.17, 15) is 5.11 Å². The van der Waals surface area contributed by atoms with Crippen molar-refractivity contribution in [1.82, 2.24) is 4.90 Å². The predicted octanol–water partition coefficient (Wildman–Crippen LogP) is 1.35. The number of hydrogen-bond donors (Lipinski definition) is 1. The lowest BCUT2D eigenvalue weighted by Crippen LogP contribution is -2.27. The molecule has 0 saturated carbocycles. The fourth-order valence-corrected chi connectivity index (χ4v) is 1.94. The van der Waals surface area contributed by atoms with Gasteiger partial charge in [-0.05, 0) is 31.7 Å². The second-order valence-corrected chi connectivity index (χ2v) is 4.44. The van der Waals surface area contributed by atoms with Crippen molar-refractivity contribution < 1.29 is 5.11 Å². The maximum atomic E-state index is 9.38. The van der Waals surface area contributed by atoms with Crippen LogP contribution in [0.2, 0.25) is 0 Å². The van der Waals surface area contributed by atoms with Crippen molar-refractivity contribution in [2.24, 2.45) is 11.8 Å². The van der Waals surface area contributed by atoms with E-state index in [-0.39, 0.29) is 6.10 Å². The molecule has 12 heavy (non-hydrogen) atoms. The van der Waals surface area contributed by atoms with Crippen LogP contribution < -0.4 is 0 Å². The van der Waals surface area contributed by atoms with Gasteiger partial charge in [-0.1, -0.05) is 13.8 Å². The molecule has 0 aromatic rings. The van der Waals surface area contributed by atoms with Crippen LogP contribution in [0.1, 0.15) is 27.2 Å². The fraction of sp³-hybridized carbons (Fsp3) is 1.00. The van der Waals surface area contributed by atoms with Crippen LogP contribution in [-0.4, -0.2) is 35.7 Å². The predicted molar refractivity (Wildman–Crippen MR) is 51.1 cm³/mol. The van der Waals surface area contributed by atoms with E-state index in [0.29, 0.717) is 5.92 Å². The third-order valence-electron chi connectivity index (χ3n) is 2.61. The van der Waals surface area contributed by atoms with E-state index in [0.717, 1.165) is 12.5 Å². The second-order valence-electron chi connectivity index (χ2n) is 4.44. The Morgan fingerprint density at radius 3 is 2.50 bits per heavy atom. The highest BCUT2D eigenvalue weighted by molar-refractivity contribution is 4.79. The Labute approximate surface area is 75.6 Å². The summed E-state index contributed by atoms with van der Waals surface area (Å²) in [6.45, 7) is 9.85. The number of likely N-dealkylation sites (tertiary alicyclic amines) is 1. The summed E-state index contributed by atoms with van der Waals surface area (Å²) in [5.41, 5.74) is 0. The lowest BCUT2D eigenvalue weighted by molar-refractivity contribution is 0.126. The van der Waals surface area contributed by atoms with E-state index in [1.165, 1.54) is 19.5 Å². The molecule has 2 nitrogen and oxygen atoms in total. The van der Waals surface area contributed by atoms with E-state index in [1.54, 1.807) is 0 Å². The van der Waals surface area contributed by atoms with Gasteiger partial charge in [0.1, 0.15) is 0 Å². The van der Waals surface area contributed by atoms with E-state index >= 15 is 0 Å².